The second-order valence-electron chi connectivity index (χ2n) is 2.15. The van der Waals surface area contributed by atoms with E-state index in [1.807, 2.05) is 6.92 Å². The molecule has 1 aromatic rings. The van der Waals surface area contributed by atoms with Gasteiger partial charge in [0.05, 0.1) is 10.0 Å². The minimum absolute atomic E-state index is 0.0780. The van der Waals surface area contributed by atoms with E-state index in [1.54, 1.807) is 6.07 Å². The van der Waals surface area contributed by atoms with E-state index in [1.165, 1.54) is 0 Å². The number of hydrogen-bond donors (Lipinski definition) is 1. The van der Waals surface area contributed by atoms with Crippen LogP contribution in [0.5, 0.6) is 5.75 Å². The van der Waals surface area contributed by atoms with E-state index in [-0.39, 0.29) is 15.8 Å². The van der Waals surface area contributed by atoms with Gasteiger partial charge in [0.2, 0.25) is 0 Å². The first-order chi connectivity index (χ1) is 5.04. The molecule has 0 amide bonds. The van der Waals surface area contributed by atoms with Crippen molar-refractivity contribution in [1.82, 2.24) is 0 Å². The molecule has 0 aromatic heterocycles. The topological polar surface area (TPSA) is 20.2 Å². The first-order valence-electron chi connectivity index (χ1n) is 2.87. The van der Waals surface area contributed by atoms with Crippen molar-refractivity contribution in [1.29, 1.82) is 0 Å². The van der Waals surface area contributed by atoms with Crippen LogP contribution in [0.1, 0.15) is 5.56 Å². The van der Waals surface area contributed by atoms with Crippen LogP contribution in [0, 0.1) is 6.92 Å². The van der Waals surface area contributed by atoms with Crippen LogP contribution in [0.15, 0.2) is 10.5 Å². The van der Waals surface area contributed by atoms with Gasteiger partial charge < -0.3 is 5.11 Å². The van der Waals surface area contributed by atoms with E-state index in [0.717, 1.165) is 5.56 Å². The van der Waals surface area contributed by atoms with E-state index in [9.17, 15) is 5.11 Å². The van der Waals surface area contributed by atoms with Crippen molar-refractivity contribution >= 4 is 39.1 Å². The summed E-state index contributed by atoms with van der Waals surface area (Å²) in [5, 5.41) is 9.75. The molecule has 0 saturated heterocycles. The van der Waals surface area contributed by atoms with Crippen LogP contribution < -0.4 is 0 Å². The predicted octanol–water partition coefficient (Wildman–Crippen LogP) is 3.77. The molecule has 0 aliphatic heterocycles. The van der Waals surface area contributed by atoms with Gasteiger partial charge in [0.1, 0.15) is 0 Å². The monoisotopic (exact) mass is 254 g/mol. The first-order valence-corrected chi connectivity index (χ1v) is 4.42. The zero-order chi connectivity index (χ0) is 8.59. The number of phenolic OH excluding ortho intramolecular Hbond substituents is 1. The van der Waals surface area contributed by atoms with Crippen LogP contribution in [0.2, 0.25) is 10.0 Å². The van der Waals surface area contributed by atoms with Gasteiger partial charge in [-0.25, -0.2) is 0 Å². The number of halogens is 3. The molecule has 0 radical (unpaired) electrons. The predicted molar refractivity (Wildman–Crippen MR) is 50.6 cm³/mol. The van der Waals surface area contributed by atoms with Crippen LogP contribution in [0.25, 0.3) is 0 Å². The largest absolute Gasteiger partial charge is 0.505 e. The molecular weight excluding hydrogens is 251 g/mol. The van der Waals surface area contributed by atoms with Gasteiger partial charge in [-0.15, -0.1) is 0 Å². The molecule has 0 saturated carbocycles. The molecule has 4 heteroatoms. The zero-order valence-corrected chi connectivity index (χ0v) is 8.76. The number of phenols is 1. The van der Waals surface area contributed by atoms with Crippen molar-refractivity contribution in [2.24, 2.45) is 0 Å². The summed E-state index contributed by atoms with van der Waals surface area (Å²) in [6, 6.07) is 1.65. The van der Waals surface area contributed by atoms with Crippen molar-refractivity contribution in [3.63, 3.8) is 0 Å². The molecular formula is C7H5BrCl2O. The minimum Gasteiger partial charge on any atom is -0.505 e. The van der Waals surface area contributed by atoms with Crippen LogP contribution in [0.4, 0.5) is 0 Å². The Bertz CT molecular complexity index is 273. The van der Waals surface area contributed by atoms with E-state index >= 15 is 0 Å². The Hall–Kier alpha value is 0.0800. The van der Waals surface area contributed by atoms with E-state index in [2.05, 4.69) is 15.9 Å². The number of rotatable bonds is 0. The summed E-state index contributed by atoms with van der Waals surface area (Å²) in [4.78, 5) is 0. The number of aromatic hydroxyl groups is 1. The lowest BCUT2D eigenvalue weighted by Gasteiger charge is -2.04. The molecule has 1 aromatic carbocycles. The molecule has 0 spiro atoms. The molecule has 0 fully saturated rings. The van der Waals surface area contributed by atoms with Crippen molar-refractivity contribution in [2.75, 3.05) is 0 Å². The van der Waals surface area contributed by atoms with E-state index < -0.39 is 0 Å². The molecule has 0 unspecified atom stereocenters. The fourth-order valence-corrected chi connectivity index (χ4v) is 1.56. The molecule has 0 bridgehead atoms. The molecule has 0 aliphatic rings. The summed E-state index contributed by atoms with van der Waals surface area (Å²) in [5.74, 6) is -0.0780. The molecule has 60 valence electrons. The van der Waals surface area contributed by atoms with Crippen LogP contribution in [0.3, 0.4) is 0 Å². The highest BCUT2D eigenvalue weighted by Gasteiger charge is 2.09. The molecule has 0 aliphatic carbocycles. The molecule has 0 heterocycles. The normalized spacial score (nSPS) is 10.2. The van der Waals surface area contributed by atoms with Gasteiger partial charge in [0, 0.05) is 4.47 Å². The van der Waals surface area contributed by atoms with Crippen molar-refractivity contribution < 1.29 is 5.11 Å². The van der Waals surface area contributed by atoms with Crippen LogP contribution >= 0.6 is 39.1 Å². The first kappa shape index (κ1) is 9.17. The summed E-state index contributed by atoms with van der Waals surface area (Å²) in [7, 11) is 0. The fourth-order valence-electron chi connectivity index (χ4n) is 0.704. The molecule has 1 rings (SSSR count). The SMILES string of the molecule is Cc1cc(Cl)c(O)c(Cl)c1Br. The lowest BCUT2D eigenvalue weighted by molar-refractivity contribution is 0.475. The smallest absolute Gasteiger partial charge is 0.153 e. The number of aryl methyl sites for hydroxylation is 1. The third-order valence-corrected chi connectivity index (χ3v) is 3.22. The molecule has 11 heavy (non-hydrogen) atoms. The van der Waals surface area contributed by atoms with Gasteiger partial charge in [-0.05, 0) is 34.5 Å². The highest BCUT2D eigenvalue weighted by atomic mass is 79.9. The molecule has 1 nitrogen and oxygen atoms in total. The highest BCUT2D eigenvalue weighted by Crippen LogP contribution is 2.39. The fraction of sp³-hybridized carbons (Fsp3) is 0.143. The summed E-state index contributed by atoms with van der Waals surface area (Å²) in [6.07, 6.45) is 0. The summed E-state index contributed by atoms with van der Waals surface area (Å²) in [6.45, 7) is 1.85. The van der Waals surface area contributed by atoms with Gasteiger partial charge in [-0.1, -0.05) is 23.2 Å². The van der Waals surface area contributed by atoms with E-state index in [0.29, 0.717) is 4.47 Å². The second-order valence-corrected chi connectivity index (χ2v) is 3.73. The van der Waals surface area contributed by atoms with Gasteiger partial charge in [0.15, 0.2) is 5.75 Å². The Morgan fingerprint density at radius 2 is 2.00 bits per heavy atom. The second kappa shape index (κ2) is 3.21. The van der Waals surface area contributed by atoms with E-state index in [4.69, 9.17) is 23.2 Å². The molecule has 0 atom stereocenters. The average molecular weight is 256 g/mol. The Morgan fingerprint density at radius 1 is 1.45 bits per heavy atom. The Labute approximate surface area is 83.1 Å². The number of benzene rings is 1. The Morgan fingerprint density at radius 3 is 2.55 bits per heavy atom. The summed E-state index contributed by atoms with van der Waals surface area (Å²) in [5.41, 5.74) is 0.901. The van der Waals surface area contributed by atoms with Gasteiger partial charge >= 0.3 is 0 Å². The Balaban J connectivity index is 3.46. The van der Waals surface area contributed by atoms with Crippen molar-refractivity contribution in [3.8, 4) is 5.75 Å². The molecule has 1 N–H and O–H groups in total. The van der Waals surface area contributed by atoms with Crippen LogP contribution in [-0.4, -0.2) is 5.11 Å². The standard InChI is InChI=1S/C7H5BrCl2O/c1-3-2-4(9)7(11)6(10)5(3)8/h2,11H,1H3. The number of hydrogen-bond acceptors (Lipinski definition) is 1. The lowest BCUT2D eigenvalue weighted by Crippen LogP contribution is -1.79. The third kappa shape index (κ3) is 1.63. The maximum Gasteiger partial charge on any atom is 0.153 e. The van der Waals surface area contributed by atoms with Crippen molar-refractivity contribution in [2.45, 2.75) is 6.92 Å². The van der Waals surface area contributed by atoms with Crippen molar-refractivity contribution in [3.05, 3.63) is 26.1 Å². The highest BCUT2D eigenvalue weighted by molar-refractivity contribution is 9.10. The average Bonchev–Trinajstić information content (AvgIpc) is 1.97. The van der Waals surface area contributed by atoms with Gasteiger partial charge in [0.25, 0.3) is 0 Å². The summed E-state index contributed by atoms with van der Waals surface area (Å²) >= 11 is 14.6. The van der Waals surface area contributed by atoms with Crippen LogP contribution in [-0.2, 0) is 0 Å². The third-order valence-electron chi connectivity index (χ3n) is 1.32. The minimum atomic E-state index is -0.0780. The maximum absolute atomic E-state index is 9.22. The summed E-state index contributed by atoms with van der Waals surface area (Å²) < 4.78 is 0.682. The Kier molecular flexibility index (Phi) is 2.68. The van der Waals surface area contributed by atoms with Gasteiger partial charge in [-0.2, -0.15) is 0 Å². The quantitative estimate of drug-likeness (QED) is 0.700. The lowest BCUT2D eigenvalue weighted by atomic mass is 10.2. The maximum atomic E-state index is 9.22. The van der Waals surface area contributed by atoms with Gasteiger partial charge in [-0.3, -0.25) is 0 Å². The zero-order valence-electron chi connectivity index (χ0n) is 5.66.